The number of fused-ring (bicyclic) bond motifs is 1. The molecule has 1 aromatic rings. The Hall–Kier alpha value is -1.22. The normalized spacial score (nSPS) is 23.1. The second kappa shape index (κ2) is 4.96. The van der Waals surface area contributed by atoms with Gasteiger partial charge in [-0.3, -0.25) is 0 Å². The van der Waals surface area contributed by atoms with E-state index in [1.165, 1.54) is 11.1 Å². The molecule has 3 nitrogen and oxygen atoms in total. The van der Waals surface area contributed by atoms with Gasteiger partial charge in [0, 0.05) is 12.1 Å². The van der Waals surface area contributed by atoms with Crippen LogP contribution in [0.3, 0.4) is 0 Å². The van der Waals surface area contributed by atoms with E-state index < -0.39 is 0 Å². The molecule has 3 heteroatoms. The molecule has 0 saturated carbocycles. The van der Waals surface area contributed by atoms with Gasteiger partial charge in [0.15, 0.2) is 11.5 Å². The molecule has 1 aliphatic rings. The SMILES string of the molecule is CC[C@H]1Cc2cc(OC)c(OC)cc2[C@@H](C)N1. The van der Waals surface area contributed by atoms with E-state index in [1.807, 2.05) is 0 Å². The van der Waals surface area contributed by atoms with Crippen LogP contribution >= 0.6 is 0 Å². The Kier molecular flexibility index (Phi) is 3.57. The van der Waals surface area contributed by atoms with Gasteiger partial charge in [-0.05, 0) is 43.0 Å². The average molecular weight is 235 g/mol. The number of benzene rings is 1. The fourth-order valence-corrected chi connectivity index (χ4v) is 2.55. The first kappa shape index (κ1) is 12.2. The molecule has 0 unspecified atom stereocenters. The predicted octanol–water partition coefficient (Wildman–Crippen LogP) is 2.69. The molecule has 1 N–H and O–H groups in total. The summed E-state index contributed by atoms with van der Waals surface area (Å²) in [5, 5.41) is 3.61. The highest BCUT2D eigenvalue weighted by molar-refractivity contribution is 5.49. The zero-order valence-electron chi connectivity index (χ0n) is 11.0. The molecule has 1 aromatic carbocycles. The van der Waals surface area contributed by atoms with Crippen molar-refractivity contribution in [2.75, 3.05) is 14.2 Å². The monoisotopic (exact) mass is 235 g/mol. The molecule has 2 rings (SSSR count). The number of rotatable bonds is 3. The lowest BCUT2D eigenvalue weighted by Crippen LogP contribution is -2.37. The van der Waals surface area contributed by atoms with Crippen LogP contribution in [0.5, 0.6) is 11.5 Å². The second-order valence-electron chi connectivity index (χ2n) is 4.60. The zero-order valence-corrected chi connectivity index (χ0v) is 11.0. The van der Waals surface area contributed by atoms with Crippen molar-refractivity contribution in [3.63, 3.8) is 0 Å². The van der Waals surface area contributed by atoms with E-state index in [1.54, 1.807) is 14.2 Å². The number of hydrogen-bond donors (Lipinski definition) is 1. The molecule has 0 spiro atoms. The Bertz CT molecular complexity index is 403. The Morgan fingerprint density at radius 3 is 2.47 bits per heavy atom. The van der Waals surface area contributed by atoms with Crippen molar-refractivity contribution < 1.29 is 9.47 Å². The Morgan fingerprint density at radius 1 is 1.24 bits per heavy atom. The van der Waals surface area contributed by atoms with Crippen molar-refractivity contribution >= 4 is 0 Å². The first-order valence-electron chi connectivity index (χ1n) is 6.20. The van der Waals surface area contributed by atoms with Crippen molar-refractivity contribution in [3.8, 4) is 11.5 Å². The first-order chi connectivity index (χ1) is 8.19. The van der Waals surface area contributed by atoms with Crippen molar-refractivity contribution in [1.82, 2.24) is 5.32 Å². The third kappa shape index (κ3) is 2.25. The summed E-state index contributed by atoms with van der Waals surface area (Å²) in [6.07, 6.45) is 2.22. The van der Waals surface area contributed by atoms with Crippen LogP contribution in [0, 0.1) is 0 Å². The van der Waals surface area contributed by atoms with Gasteiger partial charge < -0.3 is 14.8 Å². The van der Waals surface area contributed by atoms with Crippen LogP contribution < -0.4 is 14.8 Å². The molecule has 1 heterocycles. The number of nitrogens with one attached hydrogen (secondary N) is 1. The van der Waals surface area contributed by atoms with Crippen molar-refractivity contribution in [2.45, 2.75) is 38.8 Å². The second-order valence-corrected chi connectivity index (χ2v) is 4.60. The predicted molar refractivity (Wildman–Crippen MR) is 68.9 cm³/mol. The van der Waals surface area contributed by atoms with E-state index >= 15 is 0 Å². The summed E-state index contributed by atoms with van der Waals surface area (Å²) in [7, 11) is 3.37. The highest BCUT2D eigenvalue weighted by Crippen LogP contribution is 2.36. The van der Waals surface area contributed by atoms with Crippen molar-refractivity contribution in [1.29, 1.82) is 0 Å². The molecule has 2 atom stereocenters. The summed E-state index contributed by atoms with van der Waals surface area (Å²) in [6.45, 7) is 4.42. The highest BCUT2D eigenvalue weighted by Gasteiger charge is 2.24. The lowest BCUT2D eigenvalue weighted by molar-refractivity contribution is 0.349. The fourth-order valence-electron chi connectivity index (χ4n) is 2.55. The highest BCUT2D eigenvalue weighted by atomic mass is 16.5. The van der Waals surface area contributed by atoms with Crippen molar-refractivity contribution in [2.24, 2.45) is 0 Å². The van der Waals surface area contributed by atoms with Crippen LogP contribution in [0.15, 0.2) is 12.1 Å². The van der Waals surface area contributed by atoms with Crippen molar-refractivity contribution in [3.05, 3.63) is 23.3 Å². The van der Waals surface area contributed by atoms with Gasteiger partial charge in [0.1, 0.15) is 0 Å². The average Bonchev–Trinajstić information content (AvgIpc) is 2.36. The molecule has 0 radical (unpaired) electrons. The maximum Gasteiger partial charge on any atom is 0.161 e. The smallest absolute Gasteiger partial charge is 0.161 e. The molecule has 0 fully saturated rings. The minimum absolute atomic E-state index is 0.378. The van der Waals surface area contributed by atoms with Gasteiger partial charge in [0.2, 0.25) is 0 Å². The molecule has 0 aliphatic carbocycles. The van der Waals surface area contributed by atoms with Gasteiger partial charge in [-0.2, -0.15) is 0 Å². The summed E-state index contributed by atoms with van der Waals surface area (Å²) in [4.78, 5) is 0. The number of ether oxygens (including phenoxy) is 2. The van der Waals surface area contributed by atoms with Crippen LogP contribution in [0.25, 0.3) is 0 Å². The topological polar surface area (TPSA) is 30.5 Å². The molecule has 94 valence electrons. The summed E-state index contributed by atoms with van der Waals surface area (Å²) < 4.78 is 10.7. The summed E-state index contributed by atoms with van der Waals surface area (Å²) in [5.74, 6) is 1.64. The van der Waals surface area contributed by atoms with Crippen LogP contribution in [0.1, 0.15) is 37.4 Å². The summed E-state index contributed by atoms with van der Waals surface area (Å²) in [6, 6.07) is 5.16. The lowest BCUT2D eigenvalue weighted by atomic mass is 9.89. The van der Waals surface area contributed by atoms with E-state index in [2.05, 4.69) is 31.3 Å². The third-order valence-electron chi connectivity index (χ3n) is 3.56. The van der Waals surface area contributed by atoms with Gasteiger partial charge in [0.25, 0.3) is 0 Å². The van der Waals surface area contributed by atoms with E-state index in [0.717, 1.165) is 24.3 Å². The molecular formula is C14H21NO2. The maximum absolute atomic E-state index is 5.36. The Morgan fingerprint density at radius 2 is 1.88 bits per heavy atom. The standard InChI is InChI=1S/C14H21NO2/c1-5-11-6-10-7-13(16-3)14(17-4)8-12(10)9(2)15-11/h7-9,11,15H,5-6H2,1-4H3/t9-,11+/m1/s1. The van der Waals surface area contributed by atoms with E-state index in [9.17, 15) is 0 Å². The van der Waals surface area contributed by atoms with Crippen LogP contribution in [-0.2, 0) is 6.42 Å². The van der Waals surface area contributed by atoms with Gasteiger partial charge in [-0.1, -0.05) is 6.92 Å². The molecule has 0 saturated heterocycles. The van der Waals surface area contributed by atoms with Crippen LogP contribution in [0.2, 0.25) is 0 Å². The van der Waals surface area contributed by atoms with Crippen LogP contribution in [0.4, 0.5) is 0 Å². The van der Waals surface area contributed by atoms with Crippen LogP contribution in [-0.4, -0.2) is 20.3 Å². The quantitative estimate of drug-likeness (QED) is 0.873. The molecule has 0 amide bonds. The Balaban J connectivity index is 2.42. The third-order valence-corrected chi connectivity index (χ3v) is 3.56. The van der Waals surface area contributed by atoms with E-state index in [-0.39, 0.29) is 0 Å². The van der Waals surface area contributed by atoms with Gasteiger partial charge in [0.05, 0.1) is 14.2 Å². The molecule has 1 aliphatic heterocycles. The molecular weight excluding hydrogens is 214 g/mol. The lowest BCUT2D eigenvalue weighted by Gasteiger charge is -2.31. The summed E-state index contributed by atoms with van der Waals surface area (Å²) >= 11 is 0. The largest absolute Gasteiger partial charge is 0.493 e. The zero-order chi connectivity index (χ0) is 12.4. The van der Waals surface area contributed by atoms with Gasteiger partial charge in [-0.25, -0.2) is 0 Å². The number of methoxy groups -OCH3 is 2. The number of hydrogen-bond acceptors (Lipinski definition) is 3. The Labute approximate surface area is 103 Å². The molecule has 17 heavy (non-hydrogen) atoms. The minimum Gasteiger partial charge on any atom is -0.493 e. The van der Waals surface area contributed by atoms with Gasteiger partial charge >= 0.3 is 0 Å². The maximum atomic E-state index is 5.36. The fraction of sp³-hybridized carbons (Fsp3) is 0.571. The van der Waals surface area contributed by atoms with Gasteiger partial charge in [-0.15, -0.1) is 0 Å². The minimum atomic E-state index is 0.378. The summed E-state index contributed by atoms with van der Waals surface area (Å²) in [5.41, 5.74) is 2.70. The molecule has 0 aromatic heterocycles. The van der Waals surface area contributed by atoms with E-state index in [0.29, 0.717) is 12.1 Å². The first-order valence-corrected chi connectivity index (χ1v) is 6.20. The van der Waals surface area contributed by atoms with E-state index in [4.69, 9.17) is 9.47 Å². The molecule has 0 bridgehead atoms.